The molecule has 3 rings (SSSR count). The lowest BCUT2D eigenvalue weighted by atomic mass is 10.1. The van der Waals surface area contributed by atoms with Gasteiger partial charge in [-0.2, -0.15) is 0 Å². The molecule has 1 atom stereocenters. The van der Waals surface area contributed by atoms with E-state index >= 15 is 0 Å². The number of nitrogens with zero attached hydrogens (tertiary/aromatic N) is 1. The van der Waals surface area contributed by atoms with Crippen molar-refractivity contribution in [2.75, 3.05) is 0 Å². The Morgan fingerprint density at radius 1 is 1.18 bits per heavy atom. The van der Waals surface area contributed by atoms with Crippen molar-refractivity contribution in [3.63, 3.8) is 0 Å². The van der Waals surface area contributed by atoms with Gasteiger partial charge in [0.25, 0.3) is 0 Å². The number of nitrogens with one attached hydrogen (secondary N) is 2. The number of rotatable bonds is 3. The van der Waals surface area contributed by atoms with Crippen LogP contribution in [0.25, 0.3) is 5.70 Å². The number of allylic oxidation sites excluding steroid dienone is 5. The molecule has 0 saturated carbocycles. The standard InChI is InChI=1S/C15H12N3O3P/c19-22(20)21-11-9-14(12-5-1-3-7-16-12)18-15(10-11)13-6-2-4-8-17-13/h1-10,16,18H. The molecule has 7 heteroatoms. The second kappa shape index (κ2) is 6.39. The summed E-state index contributed by atoms with van der Waals surface area (Å²) in [5.74, 6) is 0.225. The van der Waals surface area contributed by atoms with Crippen LogP contribution in [0.4, 0.5) is 0 Å². The largest absolute Gasteiger partial charge is 0.558 e. The molecule has 0 aromatic carbocycles. The molecule has 6 nitrogen and oxygen atoms in total. The molecule has 3 heterocycles. The van der Waals surface area contributed by atoms with E-state index < -0.39 is 8.25 Å². The van der Waals surface area contributed by atoms with E-state index in [0.717, 1.165) is 5.70 Å². The van der Waals surface area contributed by atoms with E-state index in [4.69, 9.17) is 4.52 Å². The van der Waals surface area contributed by atoms with Gasteiger partial charge in [0.15, 0.2) is 5.76 Å². The van der Waals surface area contributed by atoms with Gasteiger partial charge in [0.05, 0.1) is 22.8 Å². The summed E-state index contributed by atoms with van der Waals surface area (Å²) >= 11 is 0. The van der Waals surface area contributed by atoms with Crippen molar-refractivity contribution in [1.82, 2.24) is 15.6 Å². The Bertz CT molecular complexity index is 749. The van der Waals surface area contributed by atoms with Crippen molar-refractivity contribution in [3.8, 4) is 0 Å². The fourth-order valence-corrected chi connectivity index (χ4v) is 2.33. The van der Waals surface area contributed by atoms with Gasteiger partial charge in [-0.15, -0.1) is 0 Å². The molecule has 2 aliphatic rings. The van der Waals surface area contributed by atoms with Crippen LogP contribution in [0, 0.1) is 0 Å². The minimum absolute atomic E-state index is 0.225. The third-order valence-electron chi connectivity index (χ3n) is 2.96. The molecule has 110 valence electrons. The minimum Gasteiger partial charge on any atom is -0.558 e. The van der Waals surface area contributed by atoms with Crippen LogP contribution in [0.2, 0.25) is 0 Å². The van der Waals surface area contributed by atoms with Crippen molar-refractivity contribution in [1.29, 1.82) is 0 Å². The summed E-state index contributed by atoms with van der Waals surface area (Å²) in [5.41, 5.74) is 2.83. The zero-order valence-corrected chi connectivity index (χ0v) is 12.3. The Morgan fingerprint density at radius 3 is 2.77 bits per heavy atom. The van der Waals surface area contributed by atoms with Gasteiger partial charge < -0.3 is 15.5 Å². The predicted octanol–water partition coefficient (Wildman–Crippen LogP) is 1.83. The zero-order chi connectivity index (χ0) is 15.4. The Morgan fingerprint density at radius 2 is 2.09 bits per heavy atom. The van der Waals surface area contributed by atoms with E-state index in [9.17, 15) is 9.46 Å². The van der Waals surface area contributed by atoms with Crippen molar-refractivity contribution >= 4 is 14.0 Å². The third-order valence-corrected chi connectivity index (χ3v) is 3.32. The summed E-state index contributed by atoms with van der Waals surface area (Å²) in [6.07, 6.45) is 12.3. The lowest BCUT2D eigenvalue weighted by molar-refractivity contribution is -0.182. The highest BCUT2D eigenvalue weighted by atomic mass is 31.1. The van der Waals surface area contributed by atoms with E-state index in [0.29, 0.717) is 17.1 Å². The molecule has 22 heavy (non-hydrogen) atoms. The zero-order valence-electron chi connectivity index (χ0n) is 11.4. The maximum atomic E-state index is 10.8. The topological polar surface area (TPSA) is 86.3 Å². The average Bonchev–Trinajstić information content (AvgIpc) is 2.55. The molecule has 0 spiro atoms. The average molecular weight is 313 g/mol. The van der Waals surface area contributed by atoms with Gasteiger partial charge >= 0.3 is 8.25 Å². The van der Waals surface area contributed by atoms with Crippen LogP contribution in [-0.4, -0.2) is 4.98 Å². The molecular weight excluding hydrogens is 301 g/mol. The van der Waals surface area contributed by atoms with Crippen LogP contribution in [0.15, 0.2) is 78.1 Å². The Balaban J connectivity index is 2.00. The molecule has 0 amide bonds. The van der Waals surface area contributed by atoms with Crippen LogP contribution in [0.1, 0.15) is 5.69 Å². The van der Waals surface area contributed by atoms with Crippen LogP contribution in [0.5, 0.6) is 0 Å². The number of hydrogen-bond donors (Lipinski definition) is 2. The van der Waals surface area contributed by atoms with Crippen LogP contribution in [-0.2, 0) is 9.09 Å². The van der Waals surface area contributed by atoms with E-state index in [1.165, 1.54) is 0 Å². The first-order valence-corrected chi connectivity index (χ1v) is 7.60. The quantitative estimate of drug-likeness (QED) is 0.828. The first-order valence-electron chi connectivity index (χ1n) is 6.50. The second-order valence-corrected chi connectivity index (χ2v) is 5.08. The molecule has 0 bridgehead atoms. The Kier molecular flexibility index (Phi) is 4.14. The lowest BCUT2D eigenvalue weighted by Gasteiger charge is -2.19. The van der Waals surface area contributed by atoms with Gasteiger partial charge in [-0.1, -0.05) is 12.1 Å². The van der Waals surface area contributed by atoms with Gasteiger partial charge in [0.2, 0.25) is 0 Å². The SMILES string of the molecule is O=[P+]([O-])OC1=CC(=C2C=CC=CN2)NC(c2ccccn2)=C1. The smallest absolute Gasteiger partial charge is 0.539 e. The molecule has 2 N–H and O–H groups in total. The molecule has 0 radical (unpaired) electrons. The van der Waals surface area contributed by atoms with Gasteiger partial charge in [0.1, 0.15) is 0 Å². The Hall–Kier alpha value is -2.69. The summed E-state index contributed by atoms with van der Waals surface area (Å²) in [4.78, 5) is 15.1. The Labute approximate surface area is 128 Å². The van der Waals surface area contributed by atoms with Crippen LogP contribution in [0.3, 0.4) is 0 Å². The maximum absolute atomic E-state index is 10.8. The molecule has 1 aromatic rings. The van der Waals surface area contributed by atoms with Crippen molar-refractivity contribution < 1.29 is 14.0 Å². The van der Waals surface area contributed by atoms with E-state index in [1.54, 1.807) is 24.5 Å². The number of hydrogen-bond acceptors (Lipinski definition) is 6. The monoisotopic (exact) mass is 313 g/mol. The minimum atomic E-state index is -2.98. The second-order valence-electron chi connectivity index (χ2n) is 4.45. The number of pyridine rings is 1. The molecule has 1 aromatic heterocycles. The molecular formula is C15H12N3O3P. The first-order chi connectivity index (χ1) is 10.7. The van der Waals surface area contributed by atoms with E-state index in [-0.39, 0.29) is 5.76 Å². The summed E-state index contributed by atoms with van der Waals surface area (Å²) in [5, 5.41) is 6.31. The molecule has 0 saturated heterocycles. The van der Waals surface area contributed by atoms with E-state index in [1.807, 2.05) is 36.4 Å². The van der Waals surface area contributed by atoms with Crippen LogP contribution < -0.4 is 15.5 Å². The van der Waals surface area contributed by atoms with Gasteiger partial charge in [-0.25, -0.2) is 0 Å². The fourth-order valence-electron chi connectivity index (χ4n) is 2.05. The highest BCUT2D eigenvalue weighted by molar-refractivity contribution is 7.30. The molecule has 0 aliphatic carbocycles. The normalized spacial score (nSPS) is 20.5. The maximum Gasteiger partial charge on any atom is 0.539 e. The summed E-state index contributed by atoms with van der Waals surface area (Å²) < 4.78 is 15.7. The van der Waals surface area contributed by atoms with Crippen molar-refractivity contribution in [2.24, 2.45) is 0 Å². The summed E-state index contributed by atoms with van der Waals surface area (Å²) in [6, 6.07) is 5.49. The van der Waals surface area contributed by atoms with Gasteiger partial charge in [-0.05, 0) is 28.8 Å². The number of aromatic nitrogens is 1. The highest BCUT2D eigenvalue weighted by Gasteiger charge is 2.18. The molecule has 1 unspecified atom stereocenters. The van der Waals surface area contributed by atoms with Crippen molar-refractivity contribution in [3.05, 3.63) is 83.8 Å². The predicted molar refractivity (Wildman–Crippen MR) is 80.6 cm³/mol. The number of dihydropyridines is 2. The van der Waals surface area contributed by atoms with Crippen molar-refractivity contribution in [2.45, 2.75) is 0 Å². The first kappa shape index (κ1) is 14.3. The third kappa shape index (κ3) is 3.31. The van der Waals surface area contributed by atoms with Gasteiger partial charge in [-0.3, -0.25) is 9.51 Å². The fraction of sp³-hybridized carbons (Fsp3) is 0. The highest BCUT2D eigenvalue weighted by Crippen LogP contribution is 2.26. The van der Waals surface area contributed by atoms with Gasteiger partial charge in [0, 0.05) is 24.5 Å². The summed E-state index contributed by atoms with van der Waals surface area (Å²) in [6.45, 7) is 0. The molecule has 2 aliphatic heterocycles. The lowest BCUT2D eigenvalue weighted by Crippen LogP contribution is -2.21. The van der Waals surface area contributed by atoms with Crippen LogP contribution >= 0.6 is 8.25 Å². The molecule has 0 fully saturated rings. The van der Waals surface area contributed by atoms with E-state index in [2.05, 4.69) is 15.6 Å². The summed E-state index contributed by atoms with van der Waals surface area (Å²) in [7, 11) is -2.98.